The molecular formula is C11H15ClN4. The van der Waals surface area contributed by atoms with Crippen LogP contribution in [0.25, 0.3) is 5.65 Å². The van der Waals surface area contributed by atoms with Crippen molar-refractivity contribution in [3.8, 4) is 0 Å². The third-order valence-electron chi connectivity index (χ3n) is 3.11. The zero-order chi connectivity index (χ0) is 11.9. The summed E-state index contributed by atoms with van der Waals surface area (Å²) in [5.41, 5.74) is 2.82. The molecule has 0 aromatic carbocycles. The zero-order valence-electron chi connectivity index (χ0n) is 9.95. The van der Waals surface area contributed by atoms with Crippen molar-refractivity contribution < 1.29 is 0 Å². The standard InChI is InChI=1S/C11H15ClN4/c1-5-6(2)10-13-14-11-8(4)7(3)9(12)15-16(10)11/h6H,5H2,1-4H3. The molecule has 0 saturated carbocycles. The maximum absolute atomic E-state index is 6.08. The third-order valence-corrected chi connectivity index (χ3v) is 3.47. The van der Waals surface area contributed by atoms with E-state index in [1.807, 2.05) is 13.8 Å². The molecular weight excluding hydrogens is 224 g/mol. The average Bonchev–Trinajstić information content (AvgIpc) is 2.68. The predicted molar refractivity (Wildman–Crippen MR) is 64.0 cm³/mol. The van der Waals surface area contributed by atoms with Gasteiger partial charge in [0.2, 0.25) is 0 Å². The van der Waals surface area contributed by atoms with Crippen molar-refractivity contribution >= 4 is 17.2 Å². The Kier molecular flexibility index (Phi) is 2.84. The van der Waals surface area contributed by atoms with E-state index in [2.05, 4.69) is 29.1 Å². The first-order valence-corrected chi connectivity index (χ1v) is 5.82. The van der Waals surface area contributed by atoms with Crippen LogP contribution in [0.5, 0.6) is 0 Å². The fraction of sp³-hybridized carbons (Fsp3) is 0.545. The zero-order valence-corrected chi connectivity index (χ0v) is 10.7. The average molecular weight is 239 g/mol. The van der Waals surface area contributed by atoms with Crippen LogP contribution in [-0.2, 0) is 0 Å². The second kappa shape index (κ2) is 4.01. The summed E-state index contributed by atoms with van der Waals surface area (Å²) in [4.78, 5) is 0. The Morgan fingerprint density at radius 1 is 1.25 bits per heavy atom. The minimum Gasteiger partial charge on any atom is -0.195 e. The molecule has 0 bridgehead atoms. The normalized spacial score (nSPS) is 13.3. The Hall–Kier alpha value is -1.16. The quantitative estimate of drug-likeness (QED) is 0.808. The van der Waals surface area contributed by atoms with Gasteiger partial charge < -0.3 is 0 Å². The van der Waals surface area contributed by atoms with Crippen LogP contribution >= 0.6 is 11.6 Å². The van der Waals surface area contributed by atoms with Crippen LogP contribution in [-0.4, -0.2) is 19.8 Å². The molecule has 0 radical (unpaired) electrons. The van der Waals surface area contributed by atoms with Gasteiger partial charge in [-0.2, -0.15) is 9.61 Å². The lowest BCUT2D eigenvalue weighted by atomic mass is 10.1. The molecule has 0 N–H and O–H groups in total. The van der Waals surface area contributed by atoms with Gasteiger partial charge in [0.05, 0.1) is 0 Å². The monoisotopic (exact) mass is 238 g/mol. The van der Waals surface area contributed by atoms with E-state index in [4.69, 9.17) is 11.6 Å². The smallest absolute Gasteiger partial charge is 0.181 e. The molecule has 0 spiro atoms. The molecule has 2 aromatic heterocycles. The Balaban J connectivity index is 2.74. The van der Waals surface area contributed by atoms with Crippen molar-refractivity contribution in [2.24, 2.45) is 0 Å². The summed E-state index contributed by atoms with van der Waals surface area (Å²) in [6, 6.07) is 0. The van der Waals surface area contributed by atoms with Crippen LogP contribution in [0.2, 0.25) is 5.15 Å². The lowest BCUT2D eigenvalue weighted by Crippen LogP contribution is -2.05. The van der Waals surface area contributed by atoms with Crippen molar-refractivity contribution in [2.75, 3.05) is 0 Å². The summed E-state index contributed by atoms with van der Waals surface area (Å²) in [5, 5.41) is 13.2. The van der Waals surface area contributed by atoms with Crippen molar-refractivity contribution in [3.05, 3.63) is 22.1 Å². The lowest BCUT2D eigenvalue weighted by Gasteiger charge is -2.07. The molecule has 0 amide bonds. The number of hydrogen-bond acceptors (Lipinski definition) is 3. The van der Waals surface area contributed by atoms with Crippen molar-refractivity contribution in [1.29, 1.82) is 0 Å². The molecule has 1 unspecified atom stereocenters. The highest BCUT2D eigenvalue weighted by atomic mass is 35.5. The molecule has 0 fully saturated rings. The summed E-state index contributed by atoms with van der Waals surface area (Å²) in [7, 11) is 0. The van der Waals surface area contributed by atoms with E-state index >= 15 is 0 Å². The maximum Gasteiger partial charge on any atom is 0.181 e. The van der Waals surface area contributed by atoms with Gasteiger partial charge in [0, 0.05) is 11.5 Å². The van der Waals surface area contributed by atoms with E-state index < -0.39 is 0 Å². The highest BCUT2D eigenvalue weighted by Gasteiger charge is 2.16. The lowest BCUT2D eigenvalue weighted by molar-refractivity contribution is 0.647. The molecule has 0 aliphatic rings. The van der Waals surface area contributed by atoms with Crippen LogP contribution in [0.15, 0.2) is 0 Å². The van der Waals surface area contributed by atoms with Gasteiger partial charge in [-0.15, -0.1) is 10.2 Å². The Morgan fingerprint density at radius 3 is 2.56 bits per heavy atom. The van der Waals surface area contributed by atoms with Crippen molar-refractivity contribution in [2.45, 2.75) is 40.0 Å². The molecule has 0 aliphatic carbocycles. The summed E-state index contributed by atoms with van der Waals surface area (Å²) < 4.78 is 1.76. The predicted octanol–water partition coefficient (Wildman–Crippen LogP) is 2.91. The Labute approximate surface area is 99.6 Å². The Morgan fingerprint density at radius 2 is 1.94 bits per heavy atom. The van der Waals surface area contributed by atoms with Crippen LogP contribution in [0, 0.1) is 13.8 Å². The van der Waals surface area contributed by atoms with Crippen molar-refractivity contribution in [1.82, 2.24) is 19.8 Å². The maximum atomic E-state index is 6.08. The minimum atomic E-state index is 0.334. The van der Waals surface area contributed by atoms with Gasteiger partial charge in [-0.1, -0.05) is 25.4 Å². The van der Waals surface area contributed by atoms with Crippen LogP contribution in [0.3, 0.4) is 0 Å². The van der Waals surface area contributed by atoms with E-state index in [9.17, 15) is 0 Å². The summed E-state index contributed by atoms with van der Waals surface area (Å²) >= 11 is 6.08. The van der Waals surface area contributed by atoms with E-state index in [0.717, 1.165) is 29.0 Å². The fourth-order valence-electron chi connectivity index (χ4n) is 1.60. The van der Waals surface area contributed by atoms with Gasteiger partial charge in [0.1, 0.15) is 0 Å². The fourth-order valence-corrected chi connectivity index (χ4v) is 1.82. The number of fused-ring (bicyclic) bond motifs is 1. The highest BCUT2D eigenvalue weighted by Crippen LogP contribution is 2.23. The van der Waals surface area contributed by atoms with Crippen LogP contribution < -0.4 is 0 Å². The highest BCUT2D eigenvalue weighted by molar-refractivity contribution is 6.30. The van der Waals surface area contributed by atoms with Crippen LogP contribution in [0.4, 0.5) is 0 Å². The van der Waals surface area contributed by atoms with Gasteiger partial charge in [-0.05, 0) is 25.8 Å². The number of aryl methyl sites for hydroxylation is 1. The molecule has 16 heavy (non-hydrogen) atoms. The van der Waals surface area contributed by atoms with E-state index in [0.29, 0.717) is 11.1 Å². The van der Waals surface area contributed by atoms with Crippen molar-refractivity contribution in [3.63, 3.8) is 0 Å². The number of hydrogen-bond donors (Lipinski definition) is 0. The first-order valence-electron chi connectivity index (χ1n) is 5.44. The number of rotatable bonds is 2. The van der Waals surface area contributed by atoms with Gasteiger partial charge in [-0.25, -0.2) is 0 Å². The Bertz CT molecular complexity index is 532. The SMILES string of the molecule is CCC(C)c1nnc2c(C)c(C)c(Cl)nn12. The van der Waals surface area contributed by atoms with Crippen LogP contribution in [0.1, 0.15) is 43.1 Å². The van der Waals surface area contributed by atoms with Gasteiger partial charge in [0.25, 0.3) is 0 Å². The molecule has 0 aliphatic heterocycles. The first kappa shape index (κ1) is 11.3. The number of halogens is 1. The van der Waals surface area contributed by atoms with E-state index in [1.54, 1.807) is 4.52 Å². The summed E-state index contributed by atoms with van der Waals surface area (Å²) in [5.74, 6) is 1.21. The first-order chi connectivity index (χ1) is 7.56. The number of aromatic nitrogens is 4. The molecule has 2 rings (SSSR count). The van der Waals surface area contributed by atoms with E-state index in [-0.39, 0.29) is 0 Å². The molecule has 2 heterocycles. The van der Waals surface area contributed by atoms with Gasteiger partial charge in [0.15, 0.2) is 16.6 Å². The molecule has 4 nitrogen and oxygen atoms in total. The topological polar surface area (TPSA) is 43.1 Å². The largest absolute Gasteiger partial charge is 0.195 e. The van der Waals surface area contributed by atoms with Gasteiger partial charge >= 0.3 is 0 Å². The molecule has 2 aromatic rings. The molecule has 86 valence electrons. The number of nitrogens with zero attached hydrogens (tertiary/aromatic N) is 4. The molecule has 1 atom stereocenters. The summed E-state index contributed by atoms with van der Waals surface area (Å²) in [6.07, 6.45) is 1.01. The molecule has 5 heteroatoms. The second-order valence-electron chi connectivity index (χ2n) is 4.14. The molecule has 0 saturated heterocycles. The van der Waals surface area contributed by atoms with E-state index in [1.165, 1.54) is 0 Å². The van der Waals surface area contributed by atoms with Gasteiger partial charge in [-0.3, -0.25) is 0 Å². The third kappa shape index (κ3) is 1.57. The summed E-state index contributed by atoms with van der Waals surface area (Å²) in [6.45, 7) is 8.17. The minimum absolute atomic E-state index is 0.334. The second-order valence-corrected chi connectivity index (χ2v) is 4.50.